The molecule has 2 aromatic rings. The third kappa shape index (κ3) is 2.43. The maximum Gasteiger partial charge on any atom is 0.143 e. The Labute approximate surface area is 104 Å². The van der Waals surface area contributed by atoms with Crippen LogP contribution in [0.3, 0.4) is 0 Å². The van der Waals surface area contributed by atoms with Crippen LogP contribution in [-0.4, -0.2) is 17.0 Å². The summed E-state index contributed by atoms with van der Waals surface area (Å²) >= 11 is 0. The molecule has 1 heterocycles. The number of aromatic nitrogens is 2. The van der Waals surface area contributed by atoms with E-state index in [2.05, 4.69) is 9.97 Å². The van der Waals surface area contributed by atoms with E-state index >= 15 is 0 Å². The standard InChI is InChI=1S/C13H11FN4/c1-18(9-10-8-16-5-6-17-10)13-4-2-3-12(14)11(13)7-15/h2-6,8H,9H2,1H3. The summed E-state index contributed by atoms with van der Waals surface area (Å²) in [6.45, 7) is 0.464. The van der Waals surface area contributed by atoms with Gasteiger partial charge < -0.3 is 4.90 Å². The second-order valence-corrected chi connectivity index (χ2v) is 3.80. The number of halogens is 1. The van der Waals surface area contributed by atoms with Crippen LogP contribution >= 0.6 is 0 Å². The molecule has 90 valence electrons. The van der Waals surface area contributed by atoms with Gasteiger partial charge in [-0.1, -0.05) is 6.07 Å². The van der Waals surface area contributed by atoms with E-state index in [1.54, 1.807) is 42.7 Å². The molecule has 0 aliphatic carbocycles. The number of benzene rings is 1. The molecule has 1 aromatic heterocycles. The van der Waals surface area contributed by atoms with E-state index in [1.165, 1.54) is 6.07 Å². The Bertz CT molecular complexity index is 577. The molecule has 0 bridgehead atoms. The minimum atomic E-state index is -0.513. The first-order valence-corrected chi connectivity index (χ1v) is 5.37. The first-order valence-electron chi connectivity index (χ1n) is 5.37. The van der Waals surface area contributed by atoms with Crippen LogP contribution in [0.4, 0.5) is 10.1 Å². The van der Waals surface area contributed by atoms with Crippen LogP contribution in [0, 0.1) is 17.1 Å². The van der Waals surface area contributed by atoms with E-state index in [4.69, 9.17) is 5.26 Å². The maximum atomic E-state index is 13.5. The molecule has 0 atom stereocenters. The van der Waals surface area contributed by atoms with Crippen molar-refractivity contribution >= 4 is 5.69 Å². The van der Waals surface area contributed by atoms with Crippen LogP contribution in [0.5, 0.6) is 0 Å². The number of hydrogen-bond donors (Lipinski definition) is 0. The topological polar surface area (TPSA) is 52.8 Å². The molecule has 4 nitrogen and oxygen atoms in total. The zero-order chi connectivity index (χ0) is 13.0. The highest BCUT2D eigenvalue weighted by molar-refractivity contribution is 5.59. The summed E-state index contributed by atoms with van der Waals surface area (Å²) < 4.78 is 13.5. The number of nitriles is 1. The predicted molar refractivity (Wildman–Crippen MR) is 65.3 cm³/mol. The quantitative estimate of drug-likeness (QED) is 0.827. The van der Waals surface area contributed by atoms with Gasteiger partial charge in [0.2, 0.25) is 0 Å². The van der Waals surface area contributed by atoms with Gasteiger partial charge in [-0.3, -0.25) is 9.97 Å². The van der Waals surface area contributed by atoms with Crippen molar-refractivity contribution in [2.75, 3.05) is 11.9 Å². The third-order valence-electron chi connectivity index (χ3n) is 2.53. The first kappa shape index (κ1) is 12.0. The summed E-state index contributed by atoms with van der Waals surface area (Å²) in [5.74, 6) is -0.513. The summed E-state index contributed by atoms with van der Waals surface area (Å²) in [4.78, 5) is 9.87. The summed E-state index contributed by atoms with van der Waals surface area (Å²) in [5.41, 5.74) is 1.35. The number of rotatable bonds is 3. The molecule has 0 saturated carbocycles. The van der Waals surface area contributed by atoms with Gasteiger partial charge >= 0.3 is 0 Å². The second kappa shape index (κ2) is 5.23. The van der Waals surface area contributed by atoms with Crippen molar-refractivity contribution < 1.29 is 4.39 Å². The van der Waals surface area contributed by atoms with E-state index in [0.29, 0.717) is 12.2 Å². The monoisotopic (exact) mass is 242 g/mol. The molecule has 0 aliphatic heterocycles. The first-order chi connectivity index (χ1) is 8.72. The molecule has 0 radical (unpaired) electrons. The molecule has 0 saturated heterocycles. The van der Waals surface area contributed by atoms with Gasteiger partial charge in [-0.05, 0) is 12.1 Å². The Morgan fingerprint density at radius 2 is 2.22 bits per heavy atom. The predicted octanol–water partition coefficient (Wildman–Crippen LogP) is 2.12. The van der Waals surface area contributed by atoms with Gasteiger partial charge in [0.15, 0.2) is 0 Å². The summed E-state index contributed by atoms with van der Waals surface area (Å²) in [5, 5.41) is 8.97. The molecule has 0 N–H and O–H groups in total. The van der Waals surface area contributed by atoms with Crippen molar-refractivity contribution in [3.63, 3.8) is 0 Å². The van der Waals surface area contributed by atoms with Gasteiger partial charge in [-0.25, -0.2) is 4.39 Å². The molecular formula is C13H11FN4. The highest BCUT2D eigenvalue weighted by Crippen LogP contribution is 2.22. The lowest BCUT2D eigenvalue weighted by Gasteiger charge is -2.19. The van der Waals surface area contributed by atoms with Gasteiger partial charge in [0, 0.05) is 19.4 Å². The molecule has 18 heavy (non-hydrogen) atoms. The zero-order valence-corrected chi connectivity index (χ0v) is 9.84. The molecule has 0 spiro atoms. The Balaban J connectivity index is 2.27. The van der Waals surface area contributed by atoms with E-state index in [9.17, 15) is 4.39 Å². The number of hydrogen-bond acceptors (Lipinski definition) is 4. The number of anilines is 1. The smallest absolute Gasteiger partial charge is 0.143 e. The third-order valence-corrected chi connectivity index (χ3v) is 2.53. The van der Waals surface area contributed by atoms with Gasteiger partial charge in [-0.2, -0.15) is 5.26 Å². The average molecular weight is 242 g/mol. The van der Waals surface area contributed by atoms with Gasteiger partial charge in [0.05, 0.1) is 24.1 Å². The lowest BCUT2D eigenvalue weighted by atomic mass is 10.1. The highest BCUT2D eigenvalue weighted by Gasteiger charge is 2.12. The Hall–Kier alpha value is -2.48. The Morgan fingerprint density at radius 3 is 2.89 bits per heavy atom. The van der Waals surface area contributed by atoms with Gasteiger partial charge in [0.1, 0.15) is 17.4 Å². The van der Waals surface area contributed by atoms with Crippen LogP contribution in [-0.2, 0) is 6.54 Å². The molecule has 0 amide bonds. The Kier molecular flexibility index (Phi) is 3.49. The lowest BCUT2D eigenvalue weighted by Crippen LogP contribution is -2.18. The average Bonchev–Trinajstić information content (AvgIpc) is 2.39. The van der Waals surface area contributed by atoms with Crippen LogP contribution in [0.1, 0.15) is 11.3 Å². The SMILES string of the molecule is CN(Cc1cnccn1)c1cccc(F)c1C#N. The molecular weight excluding hydrogens is 231 g/mol. The molecule has 0 unspecified atom stereocenters. The van der Waals surface area contributed by atoms with Crippen LogP contribution in [0.2, 0.25) is 0 Å². The van der Waals surface area contributed by atoms with E-state index < -0.39 is 5.82 Å². The van der Waals surface area contributed by atoms with Crippen LogP contribution in [0.15, 0.2) is 36.8 Å². The summed E-state index contributed by atoms with van der Waals surface area (Å²) in [6.07, 6.45) is 4.83. The molecule has 5 heteroatoms. The minimum Gasteiger partial charge on any atom is -0.367 e. The van der Waals surface area contributed by atoms with Gasteiger partial charge in [-0.15, -0.1) is 0 Å². The zero-order valence-electron chi connectivity index (χ0n) is 9.84. The van der Waals surface area contributed by atoms with Gasteiger partial charge in [0.25, 0.3) is 0 Å². The maximum absolute atomic E-state index is 13.5. The molecule has 2 rings (SSSR count). The fourth-order valence-electron chi connectivity index (χ4n) is 1.68. The van der Waals surface area contributed by atoms with Crippen molar-refractivity contribution in [1.82, 2.24) is 9.97 Å². The van der Waals surface area contributed by atoms with Crippen LogP contribution in [0.25, 0.3) is 0 Å². The summed E-state index contributed by atoms with van der Waals surface area (Å²) in [6, 6.07) is 6.44. The van der Waals surface area contributed by atoms with Crippen molar-refractivity contribution in [2.24, 2.45) is 0 Å². The molecule has 1 aromatic carbocycles. The fourth-order valence-corrected chi connectivity index (χ4v) is 1.68. The normalized spacial score (nSPS) is 9.83. The van der Waals surface area contributed by atoms with Crippen molar-refractivity contribution in [3.05, 3.63) is 53.9 Å². The van der Waals surface area contributed by atoms with E-state index in [0.717, 1.165) is 5.69 Å². The lowest BCUT2D eigenvalue weighted by molar-refractivity contribution is 0.623. The number of nitrogens with zero attached hydrogens (tertiary/aromatic N) is 4. The molecule has 0 fully saturated rings. The highest BCUT2D eigenvalue weighted by atomic mass is 19.1. The minimum absolute atomic E-state index is 0.0453. The molecule has 0 aliphatic rings. The summed E-state index contributed by atoms with van der Waals surface area (Å²) in [7, 11) is 1.78. The van der Waals surface area contributed by atoms with Crippen molar-refractivity contribution in [1.29, 1.82) is 5.26 Å². The second-order valence-electron chi connectivity index (χ2n) is 3.80. The van der Waals surface area contributed by atoms with E-state index in [-0.39, 0.29) is 5.56 Å². The van der Waals surface area contributed by atoms with Crippen molar-refractivity contribution in [3.8, 4) is 6.07 Å². The largest absolute Gasteiger partial charge is 0.367 e. The van der Waals surface area contributed by atoms with Crippen LogP contribution < -0.4 is 4.90 Å². The van der Waals surface area contributed by atoms with E-state index in [1.807, 2.05) is 6.07 Å². The van der Waals surface area contributed by atoms with Crippen molar-refractivity contribution in [2.45, 2.75) is 6.54 Å². The Morgan fingerprint density at radius 1 is 1.39 bits per heavy atom. The fraction of sp³-hybridized carbons (Fsp3) is 0.154.